The van der Waals surface area contributed by atoms with Gasteiger partial charge in [-0.3, -0.25) is 5.43 Å². The highest BCUT2D eigenvalue weighted by molar-refractivity contribution is 14.1. The predicted molar refractivity (Wildman–Crippen MR) is 109 cm³/mol. The van der Waals surface area contributed by atoms with E-state index in [1.54, 1.807) is 19.2 Å². The standard InChI is InChI=1S/C16H22IN3O4S/c1-4-18-16(25)20-19-9-11-7-12(17)15(13(8-11)22-5-2)24-10-14(21)23-6-3/h7-9H,4-6,10H2,1-3H3,(H2,18,20,25). The van der Waals surface area contributed by atoms with Gasteiger partial charge in [-0.25, -0.2) is 4.79 Å². The molecule has 0 heterocycles. The molecule has 2 N–H and O–H groups in total. The molecule has 1 aromatic carbocycles. The molecule has 1 aromatic rings. The van der Waals surface area contributed by atoms with Crippen molar-refractivity contribution in [1.29, 1.82) is 0 Å². The van der Waals surface area contributed by atoms with Gasteiger partial charge in [0, 0.05) is 6.54 Å². The number of carbonyl (C=O) groups excluding carboxylic acids is 1. The van der Waals surface area contributed by atoms with Crippen LogP contribution in [0.1, 0.15) is 26.3 Å². The van der Waals surface area contributed by atoms with Crippen LogP contribution in [0.15, 0.2) is 17.2 Å². The Morgan fingerprint density at radius 3 is 2.68 bits per heavy atom. The summed E-state index contributed by atoms with van der Waals surface area (Å²) in [7, 11) is 0. The average Bonchev–Trinajstić information content (AvgIpc) is 2.55. The Kier molecular flexibility index (Phi) is 10.2. The molecule has 0 amide bonds. The van der Waals surface area contributed by atoms with Gasteiger partial charge in [0.1, 0.15) is 0 Å². The van der Waals surface area contributed by atoms with E-state index < -0.39 is 5.97 Å². The molecule has 1 rings (SSSR count). The number of ether oxygens (including phenoxy) is 3. The van der Waals surface area contributed by atoms with Crippen LogP contribution in [-0.2, 0) is 9.53 Å². The fourth-order valence-corrected chi connectivity index (χ4v) is 2.74. The van der Waals surface area contributed by atoms with Gasteiger partial charge in [0.15, 0.2) is 23.2 Å². The summed E-state index contributed by atoms with van der Waals surface area (Å²) in [5.41, 5.74) is 3.53. The number of thiocarbonyl (C=S) groups is 1. The lowest BCUT2D eigenvalue weighted by atomic mass is 10.2. The van der Waals surface area contributed by atoms with E-state index >= 15 is 0 Å². The quantitative estimate of drug-likeness (QED) is 0.185. The van der Waals surface area contributed by atoms with E-state index in [0.29, 0.717) is 29.8 Å². The first-order valence-corrected chi connectivity index (χ1v) is 9.32. The van der Waals surface area contributed by atoms with Gasteiger partial charge in [-0.2, -0.15) is 5.10 Å². The van der Waals surface area contributed by atoms with Crippen LogP contribution in [0.2, 0.25) is 0 Å². The predicted octanol–water partition coefficient (Wildman–Crippen LogP) is 2.45. The van der Waals surface area contributed by atoms with Crippen molar-refractivity contribution < 1.29 is 19.0 Å². The second kappa shape index (κ2) is 11.9. The fourth-order valence-electron chi connectivity index (χ4n) is 1.76. The highest BCUT2D eigenvalue weighted by atomic mass is 127. The highest BCUT2D eigenvalue weighted by Crippen LogP contribution is 2.33. The third-order valence-corrected chi connectivity index (χ3v) is 3.73. The molecule has 0 unspecified atom stereocenters. The van der Waals surface area contributed by atoms with Crippen molar-refractivity contribution >= 4 is 52.1 Å². The second-order valence-electron chi connectivity index (χ2n) is 4.59. The lowest BCUT2D eigenvalue weighted by molar-refractivity contribution is -0.145. The van der Waals surface area contributed by atoms with E-state index in [9.17, 15) is 4.79 Å². The first kappa shape index (κ1) is 21.4. The normalized spacial score (nSPS) is 10.4. The van der Waals surface area contributed by atoms with E-state index in [1.165, 1.54) is 0 Å². The zero-order valence-corrected chi connectivity index (χ0v) is 17.4. The lowest BCUT2D eigenvalue weighted by Gasteiger charge is -2.14. The smallest absolute Gasteiger partial charge is 0.344 e. The molecule has 0 atom stereocenters. The van der Waals surface area contributed by atoms with Crippen molar-refractivity contribution in [1.82, 2.24) is 10.7 Å². The van der Waals surface area contributed by atoms with Crippen molar-refractivity contribution in [3.05, 3.63) is 21.3 Å². The van der Waals surface area contributed by atoms with E-state index in [1.807, 2.05) is 19.9 Å². The first-order chi connectivity index (χ1) is 12.0. The molecule has 7 nitrogen and oxygen atoms in total. The highest BCUT2D eigenvalue weighted by Gasteiger charge is 2.14. The topological polar surface area (TPSA) is 81.2 Å². The van der Waals surface area contributed by atoms with E-state index in [2.05, 4.69) is 38.4 Å². The summed E-state index contributed by atoms with van der Waals surface area (Å²) >= 11 is 7.16. The van der Waals surface area contributed by atoms with Gasteiger partial charge < -0.3 is 19.5 Å². The van der Waals surface area contributed by atoms with Crippen molar-refractivity contribution in [3.63, 3.8) is 0 Å². The number of carbonyl (C=O) groups is 1. The number of hydrazone groups is 1. The number of benzene rings is 1. The molecule has 0 saturated heterocycles. The number of hydrogen-bond donors (Lipinski definition) is 2. The molecule has 0 aliphatic rings. The van der Waals surface area contributed by atoms with Gasteiger partial charge in [0.2, 0.25) is 0 Å². The maximum Gasteiger partial charge on any atom is 0.344 e. The minimum atomic E-state index is -0.424. The molecule has 0 radical (unpaired) electrons. The molecule has 0 saturated carbocycles. The summed E-state index contributed by atoms with van der Waals surface area (Å²) in [6.07, 6.45) is 1.63. The van der Waals surface area contributed by atoms with Gasteiger partial charge in [0.05, 0.1) is 23.0 Å². The molecule has 0 aliphatic carbocycles. The molecule has 9 heteroatoms. The van der Waals surface area contributed by atoms with Gasteiger partial charge in [-0.15, -0.1) is 0 Å². The summed E-state index contributed by atoms with van der Waals surface area (Å²) in [5.74, 6) is 0.616. The first-order valence-electron chi connectivity index (χ1n) is 7.83. The largest absolute Gasteiger partial charge is 0.490 e. The van der Waals surface area contributed by atoms with Gasteiger partial charge in [0.25, 0.3) is 0 Å². The Morgan fingerprint density at radius 1 is 1.28 bits per heavy atom. The van der Waals surface area contributed by atoms with Crippen molar-refractivity contribution in [2.75, 3.05) is 26.4 Å². The van der Waals surface area contributed by atoms with Crippen LogP contribution in [0.4, 0.5) is 0 Å². The zero-order valence-electron chi connectivity index (χ0n) is 14.4. The van der Waals surface area contributed by atoms with Crippen LogP contribution >= 0.6 is 34.8 Å². The van der Waals surface area contributed by atoms with Crippen molar-refractivity contribution in [3.8, 4) is 11.5 Å². The maximum absolute atomic E-state index is 11.5. The molecule has 0 fully saturated rings. The molecule has 0 bridgehead atoms. The minimum Gasteiger partial charge on any atom is -0.490 e. The van der Waals surface area contributed by atoms with Gasteiger partial charge >= 0.3 is 5.97 Å². The van der Waals surface area contributed by atoms with Crippen LogP contribution in [0.3, 0.4) is 0 Å². The molecular formula is C16H22IN3O4S. The molecular weight excluding hydrogens is 457 g/mol. The van der Waals surface area contributed by atoms with Crippen LogP contribution in [0.25, 0.3) is 0 Å². The molecule has 25 heavy (non-hydrogen) atoms. The Bertz CT molecular complexity index is 626. The number of hydrogen-bond acceptors (Lipinski definition) is 6. The zero-order chi connectivity index (χ0) is 18.7. The van der Waals surface area contributed by atoms with Gasteiger partial charge in [-0.05, 0) is 73.3 Å². The van der Waals surface area contributed by atoms with Crippen molar-refractivity contribution in [2.45, 2.75) is 20.8 Å². The van der Waals surface area contributed by atoms with Crippen LogP contribution in [0.5, 0.6) is 11.5 Å². The summed E-state index contributed by atoms with van der Waals surface area (Å²) in [6, 6.07) is 3.65. The number of rotatable bonds is 9. The average molecular weight is 479 g/mol. The van der Waals surface area contributed by atoms with E-state index in [0.717, 1.165) is 15.7 Å². The van der Waals surface area contributed by atoms with E-state index in [-0.39, 0.29) is 6.61 Å². The SMILES string of the molecule is CCNC(=S)NN=Cc1cc(I)c(OCC(=O)OCC)c(OCC)c1. The minimum absolute atomic E-state index is 0.171. The molecule has 0 spiro atoms. The Balaban J connectivity index is 2.88. The summed E-state index contributed by atoms with van der Waals surface area (Å²) in [6.45, 7) is 6.90. The number of nitrogens with zero attached hydrogens (tertiary/aromatic N) is 1. The second-order valence-corrected chi connectivity index (χ2v) is 6.16. The third kappa shape index (κ3) is 7.86. The number of halogens is 1. The number of esters is 1. The fraction of sp³-hybridized carbons (Fsp3) is 0.438. The molecule has 0 aliphatic heterocycles. The van der Waals surface area contributed by atoms with Crippen molar-refractivity contribution in [2.24, 2.45) is 5.10 Å². The monoisotopic (exact) mass is 479 g/mol. The van der Waals surface area contributed by atoms with Crippen LogP contribution in [0, 0.1) is 3.57 Å². The van der Waals surface area contributed by atoms with Gasteiger partial charge in [-0.1, -0.05) is 0 Å². The Morgan fingerprint density at radius 2 is 2.04 bits per heavy atom. The number of nitrogens with one attached hydrogen (secondary N) is 2. The van der Waals surface area contributed by atoms with Crippen LogP contribution in [-0.4, -0.2) is 43.7 Å². The van der Waals surface area contributed by atoms with E-state index in [4.69, 9.17) is 26.4 Å². The Hall–Kier alpha value is -1.62. The van der Waals surface area contributed by atoms with Crippen LogP contribution < -0.4 is 20.2 Å². The molecule has 0 aromatic heterocycles. The summed E-state index contributed by atoms with van der Waals surface area (Å²) in [5, 5.41) is 7.47. The maximum atomic E-state index is 11.5. The Labute approximate surface area is 166 Å². The third-order valence-electron chi connectivity index (χ3n) is 2.69. The molecule has 138 valence electrons. The summed E-state index contributed by atoms with van der Waals surface area (Å²) in [4.78, 5) is 11.5. The lowest BCUT2D eigenvalue weighted by Crippen LogP contribution is -2.31. The summed E-state index contributed by atoms with van der Waals surface area (Å²) < 4.78 is 16.8.